The van der Waals surface area contributed by atoms with Gasteiger partial charge in [-0.05, 0) is 52.9 Å². The summed E-state index contributed by atoms with van der Waals surface area (Å²) < 4.78 is 5.86. The van der Waals surface area contributed by atoms with E-state index in [2.05, 4.69) is 32.6 Å². The van der Waals surface area contributed by atoms with Gasteiger partial charge in [0.05, 0.1) is 5.60 Å². The molecule has 3 atom stereocenters. The Morgan fingerprint density at radius 2 is 1.72 bits per heavy atom. The van der Waals surface area contributed by atoms with Gasteiger partial charge < -0.3 is 4.74 Å². The van der Waals surface area contributed by atoms with E-state index >= 15 is 0 Å². The Kier molecular flexibility index (Phi) is 7.12. The number of hydrogen-bond acceptors (Lipinski definition) is 4. The van der Waals surface area contributed by atoms with Crippen molar-refractivity contribution in [2.24, 2.45) is 17.8 Å². The second-order valence-electron chi connectivity index (χ2n) is 9.26. The Morgan fingerprint density at radius 1 is 1.12 bits per heavy atom. The maximum atomic E-state index is 11.8. The smallest absolute Gasteiger partial charge is 0.304 e. The summed E-state index contributed by atoms with van der Waals surface area (Å²) in [4.78, 5) is 22.8. The van der Waals surface area contributed by atoms with Crippen molar-refractivity contribution in [1.29, 1.82) is 0 Å². The highest BCUT2D eigenvalue weighted by Crippen LogP contribution is 2.43. The molecule has 1 saturated carbocycles. The summed E-state index contributed by atoms with van der Waals surface area (Å²) in [5.74, 6) is 7.28. The highest BCUT2D eigenvalue weighted by atomic mass is 17.2. The third kappa shape index (κ3) is 6.99. The predicted molar refractivity (Wildman–Crippen MR) is 99.6 cm³/mol. The first-order valence-electron chi connectivity index (χ1n) is 9.37. The normalized spacial score (nSPS) is 27.6. The summed E-state index contributed by atoms with van der Waals surface area (Å²) in [5, 5.41) is 0. The average molecular weight is 353 g/mol. The molecule has 144 valence electrons. The molecule has 0 heterocycles. The number of rotatable bonds is 4. The van der Waals surface area contributed by atoms with E-state index in [0.29, 0.717) is 11.8 Å². The molecule has 0 radical (unpaired) electrons. The van der Waals surface area contributed by atoms with Crippen LogP contribution in [-0.2, 0) is 19.3 Å². The molecule has 1 aliphatic carbocycles. The van der Waals surface area contributed by atoms with Gasteiger partial charge in [0.1, 0.15) is 0 Å². The lowest BCUT2D eigenvalue weighted by Gasteiger charge is -2.44. The predicted octanol–water partition coefficient (Wildman–Crippen LogP) is 4.91. The van der Waals surface area contributed by atoms with Gasteiger partial charge in [-0.2, -0.15) is 0 Å². The van der Waals surface area contributed by atoms with Crippen LogP contribution in [0.2, 0.25) is 0 Å². The van der Waals surface area contributed by atoms with Gasteiger partial charge in [0.15, 0.2) is 11.2 Å². The van der Waals surface area contributed by atoms with Crippen LogP contribution in [-0.4, -0.2) is 22.8 Å². The lowest BCUT2D eigenvalue weighted by molar-refractivity contribution is -0.384. The standard InChI is InChI=1S/C21H36O4/c1-15(2)18-11-10-16(3)14-21(18,23-17(4)22)13-12-20(8,9)25-24-19(5,6)7/h15-16,18H,10-11,14H2,1-9H3. The molecule has 0 N–H and O–H groups in total. The van der Waals surface area contributed by atoms with Gasteiger partial charge in [-0.1, -0.05) is 39.0 Å². The molecular weight excluding hydrogens is 316 g/mol. The number of hydrogen-bond donors (Lipinski definition) is 0. The van der Waals surface area contributed by atoms with Gasteiger partial charge in [0.25, 0.3) is 0 Å². The van der Waals surface area contributed by atoms with Gasteiger partial charge in [0.2, 0.25) is 0 Å². The molecule has 4 nitrogen and oxygen atoms in total. The molecule has 1 rings (SSSR count). The summed E-state index contributed by atoms with van der Waals surface area (Å²) in [6, 6.07) is 0. The molecule has 0 saturated heterocycles. The molecule has 0 amide bonds. The highest BCUT2D eigenvalue weighted by Gasteiger charge is 2.46. The molecule has 0 aromatic carbocycles. The minimum atomic E-state index is -0.789. The fourth-order valence-electron chi connectivity index (χ4n) is 3.39. The SMILES string of the molecule is CC(=O)OC1(C#CC(C)(C)OOC(C)(C)C)CC(C)CCC1C(C)C. The van der Waals surface area contributed by atoms with Gasteiger partial charge in [0, 0.05) is 19.3 Å². The number of carbonyl (C=O) groups is 1. The fourth-order valence-corrected chi connectivity index (χ4v) is 3.39. The zero-order chi connectivity index (χ0) is 19.5. The molecular formula is C21H36O4. The lowest BCUT2D eigenvalue weighted by Crippen LogP contribution is -2.48. The average Bonchev–Trinajstić information content (AvgIpc) is 2.42. The van der Waals surface area contributed by atoms with E-state index in [4.69, 9.17) is 14.5 Å². The summed E-state index contributed by atoms with van der Waals surface area (Å²) in [7, 11) is 0. The number of esters is 1. The van der Waals surface area contributed by atoms with Crippen LogP contribution in [0.3, 0.4) is 0 Å². The van der Waals surface area contributed by atoms with Crippen molar-refractivity contribution in [2.75, 3.05) is 0 Å². The molecule has 0 bridgehead atoms. The van der Waals surface area contributed by atoms with Crippen LogP contribution >= 0.6 is 0 Å². The largest absolute Gasteiger partial charge is 0.446 e. The third-order valence-electron chi connectivity index (χ3n) is 4.43. The fraction of sp³-hybridized carbons (Fsp3) is 0.857. The Bertz CT molecular complexity index is 518. The maximum absolute atomic E-state index is 11.8. The van der Waals surface area contributed by atoms with Gasteiger partial charge >= 0.3 is 5.97 Å². The van der Waals surface area contributed by atoms with Crippen molar-refractivity contribution >= 4 is 5.97 Å². The Hall–Kier alpha value is -1.05. The maximum Gasteiger partial charge on any atom is 0.304 e. The van der Waals surface area contributed by atoms with Crippen molar-refractivity contribution in [2.45, 2.75) is 98.4 Å². The molecule has 0 aromatic rings. The van der Waals surface area contributed by atoms with Crippen LogP contribution in [0.5, 0.6) is 0 Å². The van der Waals surface area contributed by atoms with Crippen LogP contribution in [0.15, 0.2) is 0 Å². The lowest BCUT2D eigenvalue weighted by atomic mass is 9.67. The second kappa shape index (κ2) is 8.10. The molecule has 0 aromatic heterocycles. The van der Waals surface area contributed by atoms with E-state index in [1.54, 1.807) is 0 Å². The van der Waals surface area contributed by atoms with Crippen molar-refractivity contribution in [3.63, 3.8) is 0 Å². The first-order valence-corrected chi connectivity index (χ1v) is 9.37. The van der Waals surface area contributed by atoms with Crippen molar-refractivity contribution < 1.29 is 19.3 Å². The van der Waals surface area contributed by atoms with E-state index in [9.17, 15) is 4.79 Å². The molecule has 4 heteroatoms. The number of carbonyl (C=O) groups excluding carboxylic acids is 1. The Labute approximate surface area is 153 Å². The van der Waals surface area contributed by atoms with Crippen LogP contribution < -0.4 is 0 Å². The van der Waals surface area contributed by atoms with E-state index in [-0.39, 0.29) is 11.9 Å². The van der Waals surface area contributed by atoms with E-state index in [0.717, 1.165) is 19.3 Å². The van der Waals surface area contributed by atoms with Crippen LogP contribution in [0.4, 0.5) is 0 Å². The molecule has 1 fully saturated rings. The summed E-state index contributed by atoms with van der Waals surface area (Å²) >= 11 is 0. The quantitative estimate of drug-likeness (QED) is 0.312. The van der Waals surface area contributed by atoms with Gasteiger partial charge in [-0.3, -0.25) is 4.79 Å². The summed E-state index contributed by atoms with van der Waals surface area (Å²) in [6.45, 7) is 17.5. The molecule has 3 unspecified atom stereocenters. The highest BCUT2D eigenvalue weighted by molar-refractivity contribution is 5.67. The third-order valence-corrected chi connectivity index (χ3v) is 4.43. The minimum absolute atomic E-state index is 0.222. The van der Waals surface area contributed by atoms with Crippen LogP contribution in [0, 0.1) is 29.6 Å². The van der Waals surface area contributed by atoms with Gasteiger partial charge in [-0.15, -0.1) is 0 Å². The van der Waals surface area contributed by atoms with Crippen molar-refractivity contribution in [3.8, 4) is 11.8 Å². The van der Waals surface area contributed by atoms with E-state index in [1.807, 2.05) is 34.6 Å². The van der Waals surface area contributed by atoms with Crippen molar-refractivity contribution in [3.05, 3.63) is 0 Å². The second-order valence-corrected chi connectivity index (χ2v) is 9.26. The zero-order valence-corrected chi connectivity index (χ0v) is 17.5. The van der Waals surface area contributed by atoms with Crippen LogP contribution in [0.1, 0.15) is 81.6 Å². The molecule has 1 aliphatic rings. The first-order chi connectivity index (χ1) is 11.3. The Balaban J connectivity index is 3.15. The summed E-state index contributed by atoms with van der Waals surface area (Å²) in [5.41, 5.74) is -1.95. The van der Waals surface area contributed by atoms with Crippen LogP contribution in [0.25, 0.3) is 0 Å². The Morgan fingerprint density at radius 3 is 2.20 bits per heavy atom. The minimum Gasteiger partial charge on any atom is -0.446 e. The monoisotopic (exact) mass is 352 g/mol. The van der Waals surface area contributed by atoms with Crippen molar-refractivity contribution in [1.82, 2.24) is 0 Å². The zero-order valence-electron chi connectivity index (χ0n) is 17.5. The van der Waals surface area contributed by atoms with E-state index < -0.39 is 16.8 Å². The first kappa shape index (κ1) is 22.0. The summed E-state index contributed by atoms with van der Waals surface area (Å²) in [6.07, 6.45) is 2.92. The molecule has 0 aliphatic heterocycles. The number of ether oxygens (including phenoxy) is 1. The molecule has 0 spiro atoms. The topological polar surface area (TPSA) is 44.8 Å². The van der Waals surface area contributed by atoms with Gasteiger partial charge in [-0.25, -0.2) is 9.78 Å². The molecule has 25 heavy (non-hydrogen) atoms. The van der Waals surface area contributed by atoms with E-state index in [1.165, 1.54) is 6.92 Å².